The van der Waals surface area contributed by atoms with Crippen molar-refractivity contribution in [2.45, 2.75) is 58.5 Å². The topological polar surface area (TPSA) is 41.6 Å². The molecule has 0 spiro atoms. The zero-order valence-electron chi connectivity index (χ0n) is 15.5. The van der Waals surface area contributed by atoms with Crippen LogP contribution in [0, 0.1) is 5.92 Å². The third-order valence-electron chi connectivity index (χ3n) is 4.85. The maximum absolute atomic E-state index is 12.0. The molecule has 1 unspecified atom stereocenters. The van der Waals surface area contributed by atoms with Crippen molar-refractivity contribution in [1.82, 2.24) is 10.2 Å². The number of ether oxygens (including phenoxy) is 1. The standard InChI is InChI=1S/C20H32N2O2/c1-15(2)20(23)22-13-11-18(12-14-22)21-16(3)5-6-17-7-9-19(24-4)10-8-17/h7-10,15-16,18,21H,5-6,11-14H2,1-4H3. The second kappa shape index (κ2) is 9.07. The van der Waals surface area contributed by atoms with Gasteiger partial charge in [-0.3, -0.25) is 4.79 Å². The second-order valence-corrected chi connectivity index (χ2v) is 7.21. The molecule has 0 saturated carbocycles. The number of carbonyl (C=O) groups is 1. The molecule has 1 aromatic carbocycles. The highest BCUT2D eigenvalue weighted by atomic mass is 16.5. The van der Waals surface area contributed by atoms with E-state index in [-0.39, 0.29) is 5.92 Å². The van der Waals surface area contributed by atoms with Crippen LogP contribution in [-0.2, 0) is 11.2 Å². The molecule has 4 heteroatoms. The van der Waals surface area contributed by atoms with Crippen molar-refractivity contribution in [1.29, 1.82) is 0 Å². The van der Waals surface area contributed by atoms with E-state index >= 15 is 0 Å². The van der Waals surface area contributed by atoms with Crippen LogP contribution in [0.3, 0.4) is 0 Å². The molecule has 0 radical (unpaired) electrons. The predicted octanol–water partition coefficient (Wildman–Crippen LogP) is 3.25. The number of hydrogen-bond donors (Lipinski definition) is 1. The number of methoxy groups -OCH3 is 1. The quantitative estimate of drug-likeness (QED) is 0.833. The summed E-state index contributed by atoms with van der Waals surface area (Å²) in [5, 5.41) is 3.74. The number of rotatable bonds is 7. The summed E-state index contributed by atoms with van der Waals surface area (Å²) in [4.78, 5) is 14.0. The molecule has 1 aromatic rings. The smallest absolute Gasteiger partial charge is 0.225 e. The molecule has 0 bridgehead atoms. The summed E-state index contributed by atoms with van der Waals surface area (Å²) in [5.41, 5.74) is 1.35. The highest BCUT2D eigenvalue weighted by molar-refractivity contribution is 5.78. The van der Waals surface area contributed by atoms with Gasteiger partial charge in [-0.05, 0) is 50.3 Å². The number of benzene rings is 1. The molecule has 1 atom stereocenters. The van der Waals surface area contributed by atoms with Gasteiger partial charge in [-0.25, -0.2) is 0 Å². The molecule has 1 saturated heterocycles. The Kier molecular flexibility index (Phi) is 7.10. The van der Waals surface area contributed by atoms with E-state index in [1.807, 2.05) is 30.9 Å². The minimum Gasteiger partial charge on any atom is -0.497 e. The minimum atomic E-state index is 0.109. The Morgan fingerprint density at radius 1 is 1.21 bits per heavy atom. The lowest BCUT2D eigenvalue weighted by Crippen LogP contribution is -2.48. The largest absolute Gasteiger partial charge is 0.497 e. The third-order valence-corrected chi connectivity index (χ3v) is 4.85. The number of piperidine rings is 1. The van der Waals surface area contributed by atoms with E-state index in [1.165, 1.54) is 5.56 Å². The van der Waals surface area contributed by atoms with Gasteiger partial charge < -0.3 is 15.0 Å². The van der Waals surface area contributed by atoms with Gasteiger partial charge in [0.05, 0.1) is 7.11 Å². The number of nitrogens with one attached hydrogen (secondary N) is 1. The van der Waals surface area contributed by atoms with Gasteiger partial charge in [0.25, 0.3) is 0 Å². The van der Waals surface area contributed by atoms with E-state index in [1.54, 1.807) is 7.11 Å². The van der Waals surface area contributed by atoms with Crippen LogP contribution in [-0.4, -0.2) is 43.1 Å². The van der Waals surface area contributed by atoms with Gasteiger partial charge in [0.15, 0.2) is 0 Å². The predicted molar refractivity (Wildman–Crippen MR) is 98.4 cm³/mol. The molecule has 1 N–H and O–H groups in total. The molecule has 24 heavy (non-hydrogen) atoms. The lowest BCUT2D eigenvalue weighted by molar-refractivity contribution is -0.135. The summed E-state index contributed by atoms with van der Waals surface area (Å²) in [6.45, 7) is 8.00. The first-order valence-corrected chi connectivity index (χ1v) is 9.17. The molecular formula is C20H32N2O2. The van der Waals surface area contributed by atoms with Crippen LogP contribution in [0.25, 0.3) is 0 Å². The van der Waals surface area contributed by atoms with Crippen LogP contribution in [0.2, 0.25) is 0 Å². The molecule has 1 aliphatic rings. The van der Waals surface area contributed by atoms with E-state index in [0.717, 1.165) is 44.5 Å². The first-order chi connectivity index (χ1) is 11.5. The van der Waals surface area contributed by atoms with Crippen LogP contribution >= 0.6 is 0 Å². The van der Waals surface area contributed by atoms with Crippen LogP contribution in [0.1, 0.15) is 45.6 Å². The lowest BCUT2D eigenvalue weighted by atomic mass is 10.0. The summed E-state index contributed by atoms with van der Waals surface area (Å²) in [7, 11) is 1.70. The maximum atomic E-state index is 12.0. The summed E-state index contributed by atoms with van der Waals surface area (Å²) in [6, 6.07) is 9.35. The van der Waals surface area contributed by atoms with Gasteiger partial charge in [0, 0.05) is 31.1 Å². The third kappa shape index (κ3) is 5.52. The van der Waals surface area contributed by atoms with Crippen molar-refractivity contribution in [3.8, 4) is 5.75 Å². The van der Waals surface area contributed by atoms with Crippen molar-refractivity contribution >= 4 is 5.91 Å². The van der Waals surface area contributed by atoms with Gasteiger partial charge in [0.2, 0.25) is 5.91 Å². The zero-order valence-corrected chi connectivity index (χ0v) is 15.5. The number of nitrogens with zero attached hydrogens (tertiary/aromatic N) is 1. The summed E-state index contributed by atoms with van der Waals surface area (Å²) in [5.74, 6) is 1.31. The zero-order chi connectivity index (χ0) is 17.5. The van der Waals surface area contributed by atoms with Crippen LogP contribution < -0.4 is 10.1 Å². The molecule has 134 valence electrons. The van der Waals surface area contributed by atoms with E-state index in [0.29, 0.717) is 18.0 Å². The molecular weight excluding hydrogens is 300 g/mol. The molecule has 2 rings (SSSR count). The van der Waals surface area contributed by atoms with Crippen molar-refractivity contribution in [2.24, 2.45) is 5.92 Å². The van der Waals surface area contributed by atoms with Crippen molar-refractivity contribution in [3.63, 3.8) is 0 Å². The van der Waals surface area contributed by atoms with E-state index < -0.39 is 0 Å². The highest BCUT2D eigenvalue weighted by Crippen LogP contribution is 2.16. The van der Waals surface area contributed by atoms with Crippen molar-refractivity contribution < 1.29 is 9.53 Å². The van der Waals surface area contributed by atoms with Crippen LogP contribution in [0.15, 0.2) is 24.3 Å². The van der Waals surface area contributed by atoms with E-state index in [4.69, 9.17) is 4.74 Å². The Hall–Kier alpha value is -1.55. The normalized spacial score (nSPS) is 17.1. The fourth-order valence-electron chi connectivity index (χ4n) is 3.29. The van der Waals surface area contributed by atoms with E-state index in [2.05, 4.69) is 24.4 Å². The van der Waals surface area contributed by atoms with E-state index in [9.17, 15) is 4.79 Å². The molecule has 1 aliphatic heterocycles. The second-order valence-electron chi connectivity index (χ2n) is 7.21. The molecule has 1 amide bonds. The van der Waals surface area contributed by atoms with Gasteiger partial charge in [-0.2, -0.15) is 0 Å². The fourth-order valence-corrected chi connectivity index (χ4v) is 3.29. The van der Waals surface area contributed by atoms with Gasteiger partial charge in [-0.1, -0.05) is 26.0 Å². The van der Waals surface area contributed by atoms with Crippen molar-refractivity contribution in [2.75, 3.05) is 20.2 Å². The lowest BCUT2D eigenvalue weighted by Gasteiger charge is -2.35. The summed E-state index contributed by atoms with van der Waals surface area (Å²) in [6.07, 6.45) is 4.32. The van der Waals surface area contributed by atoms with Crippen LogP contribution in [0.4, 0.5) is 0 Å². The molecule has 1 fully saturated rings. The Morgan fingerprint density at radius 3 is 2.38 bits per heavy atom. The fraction of sp³-hybridized carbons (Fsp3) is 0.650. The van der Waals surface area contributed by atoms with Gasteiger partial charge in [-0.15, -0.1) is 0 Å². The van der Waals surface area contributed by atoms with Gasteiger partial charge >= 0.3 is 0 Å². The molecule has 4 nitrogen and oxygen atoms in total. The number of carbonyl (C=O) groups excluding carboxylic acids is 1. The minimum absolute atomic E-state index is 0.109. The van der Waals surface area contributed by atoms with Gasteiger partial charge in [0.1, 0.15) is 5.75 Å². The maximum Gasteiger partial charge on any atom is 0.225 e. The van der Waals surface area contributed by atoms with Crippen molar-refractivity contribution in [3.05, 3.63) is 29.8 Å². The molecule has 1 heterocycles. The summed E-state index contributed by atoms with van der Waals surface area (Å²) < 4.78 is 5.20. The number of aryl methyl sites for hydroxylation is 1. The average molecular weight is 332 g/mol. The number of amides is 1. The first-order valence-electron chi connectivity index (χ1n) is 9.17. The molecule has 0 aliphatic carbocycles. The monoisotopic (exact) mass is 332 g/mol. The molecule has 0 aromatic heterocycles. The Morgan fingerprint density at radius 2 is 1.83 bits per heavy atom. The SMILES string of the molecule is COc1ccc(CCC(C)NC2CCN(C(=O)C(C)C)CC2)cc1. The Labute approximate surface area is 146 Å². The highest BCUT2D eigenvalue weighted by Gasteiger charge is 2.24. The Balaban J connectivity index is 1.69. The summed E-state index contributed by atoms with van der Waals surface area (Å²) >= 11 is 0. The first kappa shape index (κ1) is 18.8. The number of likely N-dealkylation sites (tertiary alicyclic amines) is 1. The number of hydrogen-bond acceptors (Lipinski definition) is 3. The Bertz CT molecular complexity index is 505. The average Bonchev–Trinajstić information content (AvgIpc) is 2.60. The van der Waals surface area contributed by atoms with Crippen LogP contribution in [0.5, 0.6) is 5.75 Å².